The highest BCUT2D eigenvalue weighted by Crippen LogP contribution is 2.29. The smallest absolute Gasteiger partial charge is 0.254 e. The van der Waals surface area contributed by atoms with Gasteiger partial charge in [0.25, 0.3) is 5.91 Å². The lowest BCUT2D eigenvalue weighted by molar-refractivity contribution is 0.0746. The third-order valence-corrected chi connectivity index (χ3v) is 6.72. The molecule has 1 saturated heterocycles. The number of carbonyl (C=O) groups excluding carboxylic acids is 1. The van der Waals surface area contributed by atoms with Gasteiger partial charge in [-0.1, -0.05) is 19.1 Å². The summed E-state index contributed by atoms with van der Waals surface area (Å²) in [5.41, 5.74) is 1.32. The molecule has 1 aliphatic rings. The number of rotatable bonds is 8. The molecule has 1 aliphatic heterocycles. The van der Waals surface area contributed by atoms with Gasteiger partial charge in [-0.2, -0.15) is 0 Å². The SMILES string of the molecule is CCCNS(=O)(=O)c1cc(C(=O)N2CCN(c3ccccc3OC)CC2)ccc1OC. The second-order valence-corrected chi connectivity index (χ2v) is 8.95. The maximum atomic E-state index is 13.1. The molecule has 3 rings (SSSR count). The van der Waals surface area contributed by atoms with Gasteiger partial charge < -0.3 is 19.3 Å². The Kier molecular flexibility index (Phi) is 7.40. The number of benzene rings is 2. The highest BCUT2D eigenvalue weighted by Gasteiger charge is 2.26. The summed E-state index contributed by atoms with van der Waals surface area (Å²) in [6.07, 6.45) is 0.663. The lowest BCUT2D eigenvalue weighted by atomic mass is 10.1. The van der Waals surface area contributed by atoms with Crippen LogP contribution in [-0.4, -0.2) is 66.2 Å². The lowest BCUT2D eigenvalue weighted by Crippen LogP contribution is -2.48. The van der Waals surface area contributed by atoms with E-state index in [0.29, 0.717) is 44.7 Å². The molecular formula is C22H29N3O5S. The zero-order valence-electron chi connectivity index (χ0n) is 18.1. The van der Waals surface area contributed by atoms with Crippen LogP contribution in [0.15, 0.2) is 47.4 Å². The van der Waals surface area contributed by atoms with E-state index in [1.54, 1.807) is 18.1 Å². The zero-order valence-corrected chi connectivity index (χ0v) is 18.9. The Hall–Kier alpha value is -2.78. The van der Waals surface area contributed by atoms with Gasteiger partial charge in [0.15, 0.2) is 0 Å². The molecule has 9 heteroatoms. The number of nitrogens with zero attached hydrogens (tertiary/aromatic N) is 2. The molecule has 0 aliphatic carbocycles. The predicted octanol–water partition coefficient (Wildman–Crippen LogP) is 2.35. The average molecular weight is 448 g/mol. The fraction of sp³-hybridized carbons (Fsp3) is 0.409. The first-order valence-electron chi connectivity index (χ1n) is 10.3. The Balaban J connectivity index is 1.76. The summed E-state index contributed by atoms with van der Waals surface area (Å²) in [7, 11) is -0.721. The summed E-state index contributed by atoms with van der Waals surface area (Å²) < 4.78 is 38.5. The minimum Gasteiger partial charge on any atom is -0.495 e. The number of piperazine rings is 1. The lowest BCUT2D eigenvalue weighted by Gasteiger charge is -2.36. The van der Waals surface area contributed by atoms with Gasteiger partial charge >= 0.3 is 0 Å². The van der Waals surface area contributed by atoms with E-state index in [9.17, 15) is 13.2 Å². The molecule has 1 N–H and O–H groups in total. The van der Waals surface area contributed by atoms with E-state index in [1.807, 2.05) is 31.2 Å². The summed E-state index contributed by atoms with van der Waals surface area (Å²) >= 11 is 0. The quantitative estimate of drug-likeness (QED) is 0.668. The number of ether oxygens (including phenoxy) is 2. The zero-order chi connectivity index (χ0) is 22.4. The van der Waals surface area contributed by atoms with Crippen LogP contribution >= 0.6 is 0 Å². The van der Waals surface area contributed by atoms with E-state index in [1.165, 1.54) is 19.2 Å². The molecule has 2 aromatic rings. The van der Waals surface area contributed by atoms with Crippen molar-refractivity contribution < 1.29 is 22.7 Å². The molecular weight excluding hydrogens is 418 g/mol. The fourth-order valence-electron chi connectivity index (χ4n) is 3.56. The van der Waals surface area contributed by atoms with Crippen molar-refractivity contribution in [3.63, 3.8) is 0 Å². The number of methoxy groups -OCH3 is 2. The van der Waals surface area contributed by atoms with Crippen molar-refractivity contribution in [1.82, 2.24) is 9.62 Å². The van der Waals surface area contributed by atoms with Crippen LogP contribution in [0.4, 0.5) is 5.69 Å². The van der Waals surface area contributed by atoms with Gasteiger partial charge in [0, 0.05) is 38.3 Å². The van der Waals surface area contributed by atoms with Crippen LogP contribution in [0.5, 0.6) is 11.5 Å². The van der Waals surface area contributed by atoms with Crippen LogP contribution < -0.4 is 19.1 Å². The van der Waals surface area contributed by atoms with E-state index < -0.39 is 10.0 Å². The molecule has 1 amide bonds. The number of carbonyl (C=O) groups is 1. The summed E-state index contributed by atoms with van der Waals surface area (Å²) in [6.45, 7) is 4.56. The van der Waals surface area contributed by atoms with Crippen LogP contribution in [-0.2, 0) is 10.0 Å². The molecule has 0 atom stereocenters. The first-order chi connectivity index (χ1) is 14.9. The number of amides is 1. The standard InChI is InChI=1S/C22H29N3O5S/c1-4-11-23-31(27,28)21-16-17(9-10-20(21)30-3)22(26)25-14-12-24(13-15-25)18-7-5-6-8-19(18)29-2/h5-10,16,23H,4,11-15H2,1-3H3. The number of nitrogens with one attached hydrogen (secondary N) is 1. The maximum Gasteiger partial charge on any atom is 0.254 e. The molecule has 0 aromatic heterocycles. The normalized spacial score (nSPS) is 14.4. The molecule has 0 saturated carbocycles. The van der Waals surface area contributed by atoms with Crippen molar-refractivity contribution in [1.29, 1.82) is 0 Å². The fourth-order valence-corrected chi connectivity index (χ4v) is 4.88. The summed E-state index contributed by atoms with van der Waals surface area (Å²) in [4.78, 5) is 17.0. The molecule has 1 fully saturated rings. The van der Waals surface area contributed by atoms with Crippen molar-refractivity contribution in [3.05, 3.63) is 48.0 Å². The first-order valence-corrected chi connectivity index (χ1v) is 11.7. The van der Waals surface area contributed by atoms with Crippen molar-refractivity contribution in [2.75, 3.05) is 51.8 Å². The topological polar surface area (TPSA) is 88.2 Å². The van der Waals surface area contributed by atoms with Crippen LogP contribution in [0.3, 0.4) is 0 Å². The molecule has 8 nitrogen and oxygen atoms in total. The Bertz CT molecular complexity index is 1020. The highest BCUT2D eigenvalue weighted by atomic mass is 32.2. The van der Waals surface area contributed by atoms with Crippen LogP contribution in [0.2, 0.25) is 0 Å². The Morgan fingerprint density at radius 2 is 1.68 bits per heavy atom. The van der Waals surface area contributed by atoms with Crippen molar-refractivity contribution in [2.24, 2.45) is 0 Å². The highest BCUT2D eigenvalue weighted by molar-refractivity contribution is 7.89. The van der Waals surface area contributed by atoms with Gasteiger partial charge in [-0.05, 0) is 36.8 Å². The van der Waals surface area contributed by atoms with E-state index in [2.05, 4.69) is 9.62 Å². The molecule has 31 heavy (non-hydrogen) atoms. The average Bonchev–Trinajstić information content (AvgIpc) is 2.82. The molecule has 0 bridgehead atoms. The van der Waals surface area contributed by atoms with E-state index in [-0.39, 0.29) is 16.6 Å². The van der Waals surface area contributed by atoms with Gasteiger partial charge in [0.1, 0.15) is 16.4 Å². The third kappa shape index (κ3) is 5.11. The van der Waals surface area contributed by atoms with Gasteiger partial charge in [-0.3, -0.25) is 4.79 Å². The second kappa shape index (κ2) is 10.0. The number of para-hydroxylation sites is 2. The monoisotopic (exact) mass is 447 g/mol. The van der Waals surface area contributed by atoms with E-state index in [0.717, 1.165) is 11.4 Å². The number of hydrogen-bond acceptors (Lipinski definition) is 6. The largest absolute Gasteiger partial charge is 0.495 e. The second-order valence-electron chi connectivity index (χ2n) is 7.21. The van der Waals surface area contributed by atoms with Gasteiger partial charge in [-0.15, -0.1) is 0 Å². The van der Waals surface area contributed by atoms with Crippen molar-refractivity contribution in [3.8, 4) is 11.5 Å². The Morgan fingerprint density at radius 3 is 2.32 bits per heavy atom. The number of sulfonamides is 1. The van der Waals surface area contributed by atoms with Crippen molar-refractivity contribution >= 4 is 21.6 Å². The molecule has 2 aromatic carbocycles. The van der Waals surface area contributed by atoms with Gasteiger partial charge in [0.05, 0.1) is 19.9 Å². The summed E-state index contributed by atoms with van der Waals surface area (Å²) in [6, 6.07) is 12.3. The van der Waals surface area contributed by atoms with Gasteiger partial charge in [-0.25, -0.2) is 13.1 Å². The van der Waals surface area contributed by atoms with Crippen molar-refractivity contribution in [2.45, 2.75) is 18.2 Å². The maximum absolute atomic E-state index is 13.1. The van der Waals surface area contributed by atoms with Crippen LogP contribution in [0, 0.1) is 0 Å². The minimum absolute atomic E-state index is 0.0260. The van der Waals surface area contributed by atoms with Crippen LogP contribution in [0.1, 0.15) is 23.7 Å². The van der Waals surface area contributed by atoms with E-state index in [4.69, 9.17) is 9.47 Å². The van der Waals surface area contributed by atoms with Gasteiger partial charge in [0.2, 0.25) is 10.0 Å². The minimum atomic E-state index is -3.77. The molecule has 0 unspecified atom stereocenters. The Morgan fingerprint density at radius 1 is 1.00 bits per heavy atom. The van der Waals surface area contributed by atoms with Crippen LogP contribution in [0.25, 0.3) is 0 Å². The number of hydrogen-bond donors (Lipinski definition) is 1. The van der Waals surface area contributed by atoms with E-state index >= 15 is 0 Å². The first kappa shape index (κ1) is 22.9. The number of anilines is 1. The molecule has 1 heterocycles. The molecule has 0 radical (unpaired) electrons. The predicted molar refractivity (Wildman–Crippen MR) is 120 cm³/mol. The third-order valence-electron chi connectivity index (χ3n) is 5.23. The summed E-state index contributed by atoms with van der Waals surface area (Å²) in [5, 5.41) is 0. The molecule has 0 spiro atoms. The Labute approximate surface area is 183 Å². The summed E-state index contributed by atoms with van der Waals surface area (Å²) in [5.74, 6) is 0.808. The molecule has 168 valence electrons.